The third-order valence-corrected chi connectivity index (χ3v) is 4.64. The number of esters is 1. The smallest absolute Gasteiger partial charge is 0.339 e. The number of carbonyl (C=O) groups excluding carboxylic acids is 1. The summed E-state index contributed by atoms with van der Waals surface area (Å²) in [6.07, 6.45) is -0.460. The van der Waals surface area contributed by atoms with Crippen molar-refractivity contribution in [1.82, 2.24) is 0 Å². The van der Waals surface area contributed by atoms with E-state index in [0.29, 0.717) is 4.47 Å². The van der Waals surface area contributed by atoms with Crippen LogP contribution in [0.4, 0.5) is 0 Å². The number of benzene rings is 2. The fraction of sp³-hybridized carbons (Fsp3) is 0.133. The summed E-state index contributed by atoms with van der Waals surface area (Å²) in [5, 5.41) is 5.07. The Morgan fingerprint density at radius 3 is 2.41 bits per heavy atom. The molecule has 0 amide bonds. The Hall–Kier alpha value is -1.70. The van der Waals surface area contributed by atoms with E-state index in [9.17, 15) is 13.2 Å². The maximum Gasteiger partial charge on any atom is 0.339 e. The standard InChI is InChI=1S/C15H14BrNO4S/c1-10(11-5-3-2-4-6-11)21-15(18)13-9-12(22(17,19)20)7-8-14(13)16/h2-10H,1H3,(H2,17,19,20)/t10-/m1/s1. The topological polar surface area (TPSA) is 86.5 Å². The Balaban J connectivity index is 2.26. The number of ether oxygens (including phenoxy) is 1. The molecule has 1 atom stereocenters. The van der Waals surface area contributed by atoms with Crippen LogP contribution in [-0.2, 0) is 14.8 Å². The molecule has 0 aliphatic heterocycles. The van der Waals surface area contributed by atoms with E-state index in [0.717, 1.165) is 5.56 Å². The molecule has 0 fully saturated rings. The molecule has 7 heteroatoms. The van der Waals surface area contributed by atoms with Gasteiger partial charge in [0.15, 0.2) is 0 Å². The number of sulfonamides is 1. The first-order chi connectivity index (χ1) is 10.3. The first-order valence-electron chi connectivity index (χ1n) is 6.37. The molecule has 0 saturated carbocycles. The van der Waals surface area contributed by atoms with E-state index in [1.807, 2.05) is 30.3 Å². The second-order valence-electron chi connectivity index (χ2n) is 4.64. The highest BCUT2D eigenvalue weighted by molar-refractivity contribution is 9.10. The van der Waals surface area contributed by atoms with Gasteiger partial charge in [0.05, 0.1) is 10.5 Å². The zero-order valence-corrected chi connectivity index (χ0v) is 14.1. The van der Waals surface area contributed by atoms with E-state index >= 15 is 0 Å². The lowest BCUT2D eigenvalue weighted by Gasteiger charge is -2.14. The molecule has 0 aliphatic rings. The molecule has 2 N–H and O–H groups in total. The Morgan fingerprint density at radius 2 is 1.82 bits per heavy atom. The van der Waals surface area contributed by atoms with Crippen molar-refractivity contribution in [2.24, 2.45) is 5.14 Å². The van der Waals surface area contributed by atoms with E-state index in [1.54, 1.807) is 6.92 Å². The van der Waals surface area contributed by atoms with Gasteiger partial charge in [-0.25, -0.2) is 18.4 Å². The average Bonchev–Trinajstić information content (AvgIpc) is 2.47. The molecule has 0 aliphatic carbocycles. The lowest BCUT2D eigenvalue weighted by atomic mass is 10.1. The van der Waals surface area contributed by atoms with Crippen molar-refractivity contribution in [3.8, 4) is 0 Å². The summed E-state index contributed by atoms with van der Waals surface area (Å²) in [6, 6.07) is 13.2. The van der Waals surface area contributed by atoms with E-state index < -0.39 is 22.1 Å². The predicted molar refractivity (Wildman–Crippen MR) is 85.8 cm³/mol. The summed E-state index contributed by atoms with van der Waals surface area (Å²) in [7, 11) is -3.88. The van der Waals surface area contributed by atoms with E-state index in [1.165, 1.54) is 18.2 Å². The quantitative estimate of drug-likeness (QED) is 0.821. The molecule has 0 unspecified atom stereocenters. The number of carbonyl (C=O) groups is 1. The molecule has 0 saturated heterocycles. The van der Waals surface area contributed by atoms with Gasteiger partial charge in [-0.1, -0.05) is 30.3 Å². The molecule has 5 nitrogen and oxygen atoms in total. The molecule has 2 aromatic rings. The Labute approximate surface area is 137 Å². The van der Waals surface area contributed by atoms with Crippen molar-refractivity contribution in [2.45, 2.75) is 17.9 Å². The number of hydrogen-bond acceptors (Lipinski definition) is 4. The Bertz CT molecular complexity index is 790. The maximum absolute atomic E-state index is 12.2. The minimum absolute atomic E-state index is 0.106. The van der Waals surface area contributed by atoms with Crippen LogP contribution in [0.15, 0.2) is 57.9 Å². The minimum atomic E-state index is -3.88. The normalized spacial score (nSPS) is 12.7. The second-order valence-corrected chi connectivity index (χ2v) is 7.06. The van der Waals surface area contributed by atoms with Gasteiger partial charge in [-0.15, -0.1) is 0 Å². The highest BCUT2D eigenvalue weighted by Crippen LogP contribution is 2.24. The van der Waals surface area contributed by atoms with Gasteiger partial charge in [-0.2, -0.15) is 0 Å². The lowest BCUT2D eigenvalue weighted by Crippen LogP contribution is -2.15. The van der Waals surface area contributed by atoms with Gasteiger partial charge in [-0.3, -0.25) is 0 Å². The van der Waals surface area contributed by atoms with Crippen molar-refractivity contribution < 1.29 is 17.9 Å². The highest BCUT2D eigenvalue weighted by atomic mass is 79.9. The molecule has 0 spiro atoms. The summed E-state index contributed by atoms with van der Waals surface area (Å²) in [6.45, 7) is 1.74. The summed E-state index contributed by atoms with van der Waals surface area (Å²) < 4.78 is 28.5. The van der Waals surface area contributed by atoms with Crippen LogP contribution in [-0.4, -0.2) is 14.4 Å². The Kier molecular flexibility index (Phi) is 5.00. The SMILES string of the molecule is C[C@@H](OC(=O)c1cc(S(N)(=O)=O)ccc1Br)c1ccccc1. The molecule has 2 rings (SSSR count). The average molecular weight is 384 g/mol. The fourth-order valence-electron chi connectivity index (χ4n) is 1.85. The van der Waals surface area contributed by atoms with E-state index in [-0.39, 0.29) is 10.5 Å². The fourth-order valence-corrected chi connectivity index (χ4v) is 2.80. The molecule has 22 heavy (non-hydrogen) atoms. The van der Waals surface area contributed by atoms with Gasteiger partial charge in [0, 0.05) is 4.47 Å². The molecule has 0 heterocycles. The zero-order valence-electron chi connectivity index (χ0n) is 11.7. The first kappa shape index (κ1) is 16.7. The summed E-state index contributed by atoms with van der Waals surface area (Å²) in [5.41, 5.74) is 0.948. The summed E-state index contributed by atoms with van der Waals surface area (Å²) >= 11 is 3.21. The second kappa shape index (κ2) is 6.60. The van der Waals surface area contributed by atoms with Gasteiger partial charge < -0.3 is 4.74 Å². The van der Waals surface area contributed by atoms with Gasteiger partial charge in [0.25, 0.3) is 0 Å². The van der Waals surface area contributed by atoms with Crippen molar-refractivity contribution in [3.05, 3.63) is 64.1 Å². The third kappa shape index (κ3) is 3.94. The molecule has 0 aromatic heterocycles. The van der Waals surface area contributed by atoms with Crippen LogP contribution in [0.2, 0.25) is 0 Å². The van der Waals surface area contributed by atoms with Crippen LogP contribution in [0.3, 0.4) is 0 Å². The number of hydrogen-bond donors (Lipinski definition) is 1. The first-order valence-corrected chi connectivity index (χ1v) is 8.71. The monoisotopic (exact) mass is 383 g/mol. The van der Waals surface area contributed by atoms with Crippen LogP contribution in [0.5, 0.6) is 0 Å². The molecular weight excluding hydrogens is 370 g/mol. The minimum Gasteiger partial charge on any atom is -0.454 e. The Morgan fingerprint density at radius 1 is 1.18 bits per heavy atom. The van der Waals surface area contributed by atoms with Crippen LogP contribution >= 0.6 is 15.9 Å². The van der Waals surface area contributed by atoms with E-state index in [2.05, 4.69) is 15.9 Å². The molecular formula is C15H14BrNO4S. The number of rotatable bonds is 4. The van der Waals surface area contributed by atoms with Crippen LogP contribution < -0.4 is 5.14 Å². The number of primary sulfonamides is 1. The van der Waals surface area contributed by atoms with Crippen LogP contribution in [0.1, 0.15) is 28.9 Å². The van der Waals surface area contributed by atoms with Crippen molar-refractivity contribution in [3.63, 3.8) is 0 Å². The molecule has 2 aromatic carbocycles. The molecule has 0 bridgehead atoms. The number of halogens is 1. The largest absolute Gasteiger partial charge is 0.454 e. The van der Waals surface area contributed by atoms with Crippen LogP contribution in [0.25, 0.3) is 0 Å². The van der Waals surface area contributed by atoms with Crippen molar-refractivity contribution >= 4 is 31.9 Å². The van der Waals surface area contributed by atoms with Crippen LogP contribution in [0, 0.1) is 0 Å². The van der Waals surface area contributed by atoms with Gasteiger partial charge in [0.2, 0.25) is 10.0 Å². The van der Waals surface area contributed by atoms with E-state index in [4.69, 9.17) is 9.88 Å². The van der Waals surface area contributed by atoms with Crippen molar-refractivity contribution in [1.29, 1.82) is 0 Å². The lowest BCUT2D eigenvalue weighted by molar-refractivity contribution is 0.0336. The molecule has 116 valence electrons. The predicted octanol–water partition coefficient (Wildman–Crippen LogP) is 3.01. The zero-order chi connectivity index (χ0) is 16.3. The van der Waals surface area contributed by atoms with Gasteiger partial charge in [-0.05, 0) is 46.6 Å². The van der Waals surface area contributed by atoms with Gasteiger partial charge in [0.1, 0.15) is 6.10 Å². The highest BCUT2D eigenvalue weighted by Gasteiger charge is 2.19. The summed E-state index contributed by atoms with van der Waals surface area (Å²) in [5.74, 6) is -0.631. The number of nitrogens with two attached hydrogens (primary N) is 1. The molecule has 0 radical (unpaired) electrons. The summed E-state index contributed by atoms with van der Waals surface area (Å²) in [4.78, 5) is 12.1. The van der Waals surface area contributed by atoms with Crippen molar-refractivity contribution in [2.75, 3.05) is 0 Å². The third-order valence-electron chi connectivity index (χ3n) is 3.04. The maximum atomic E-state index is 12.2. The van der Waals surface area contributed by atoms with Gasteiger partial charge >= 0.3 is 5.97 Å².